The van der Waals surface area contributed by atoms with Crippen molar-refractivity contribution in [1.29, 1.82) is 0 Å². The Bertz CT molecular complexity index is 1270. The molecule has 1 aromatic heterocycles. The number of aromatic amines is 1. The molecule has 4 rings (SSSR count). The zero-order valence-corrected chi connectivity index (χ0v) is 20.6. The van der Waals surface area contributed by atoms with E-state index in [0.717, 1.165) is 18.4 Å². The van der Waals surface area contributed by atoms with Gasteiger partial charge in [0.05, 0.1) is 25.5 Å². The van der Waals surface area contributed by atoms with Gasteiger partial charge in [0.2, 0.25) is 0 Å². The SMILES string of the molecule is CC[C@@](O)(CN=NN/C(CF)=C1\CC1COCn1ccc(=O)[nH]c1=O)c1ccc(F)c(OCC2CC2)c1. The molecule has 3 N–H and O–H groups in total. The lowest BCUT2D eigenvalue weighted by Crippen LogP contribution is -2.29. The molecule has 2 fully saturated rings. The van der Waals surface area contributed by atoms with Gasteiger partial charge in [-0.2, -0.15) is 5.11 Å². The van der Waals surface area contributed by atoms with Crippen LogP contribution in [-0.4, -0.2) is 41.1 Å². The molecule has 2 aliphatic carbocycles. The van der Waals surface area contributed by atoms with Gasteiger partial charge in [-0.3, -0.25) is 19.8 Å². The molecule has 0 aliphatic heterocycles. The summed E-state index contributed by atoms with van der Waals surface area (Å²) in [6.45, 7) is 1.58. The van der Waals surface area contributed by atoms with Crippen molar-refractivity contribution >= 4 is 0 Å². The lowest BCUT2D eigenvalue weighted by atomic mass is 9.91. The van der Waals surface area contributed by atoms with Crippen LogP contribution in [0, 0.1) is 17.7 Å². The highest BCUT2D eigenvalue weighted by atomic mass is 19.1. The van der Waals surface area contributed by atoms with Crippen LogP contribution in [0.4, 0.5) is 8.78 Å². The number of ether oxygens (including phenoxy) is 2. The van der Waals surface area contributed by atoms with E-state index in [-0.39, 0.29) is 37.2 Å². The van der Waals surface area contributed by atoms with Crippen LogP contribution in [0.3, 0.4) is 0 Å². The minimum absolute atomic E-state index is 0.0206. The number of allylic oxidation sites excluding steroid dienone is 1. The molecule has 1 aromatic carbocycles. The van der Waals surface area contributed by atoms with Gasteiger partial charge in [0.1, 0.15) is 19.0 Å². The normalized spacial score (nSPS) is 20.1. The summed E-state index contributed by atoms with van der Waals surface area (Å²) >= 11 is 0. The highest BCUT2D eigenvalue weighted by Crippen LogP contribution is 2.40. The predicted octanol–water partition coefficient (Wildman–Crippen LogP) is 2.94. The van der Waals surface area contributed by atoms with Gasteiger partial charge in [0.25, 0.3) is 5.56 Å². The number of rotatable bonds is 14. The molecular formula is C25H31F2N5O5. The molecule has 0 bridgehead atoms. The van der Waals surface area contributed by atoms with Crippen molar-refractivity contribution in [3.05, 3.63) is 74.0 Å². The summed E-state index contributed by atoms with van der Waals surface area (Å²) in [5, 5.41) is 18.9. The number of benzene rings is 1. The fraction of sp³-hybridized carbons (Fsp3) is 0.520. The van der Waals surface area contributed by atoms with E-state index in [2.05, 4.69) is 20.7 Å². The maximum Gasteiger partial charge on any atom is 0.330 e. The molecule has 0 saturated heterocycles. The number of alkyl halides is 1. The molecular weight excluding hydrogens is 488 g/mol. The lowest BCUT2D eigenvalue weighted by molar-refractivity contribution is 0.0401. The molecule has 2 saturated carbocycles. The fourth-order valence-electron chi connectivity index (χ4n) is 3.81. The third-order valence-electron chi connectivity index (χ3n) is 6.58. The van der Waals surface area contributed by atoms with Crippen molar-refractivity contribution < 1.29 is 23.4 Å². The predicted molar refractivity (Wildman–Crippen MR) is 130 cm³/mol. The summed E-state index contributed by atoms with van der Waals surface area (Å²) in [4.78, 5) is 24.9. The fourth-order valence-corrected chi connectivity index (χ4v) is 3.81. The Morgan fingerprint density at radius 2 is 2.11 bits per heavy atom. The molecule has 0 radical (unpaired) electrons. The van der Waals surface area contributed by atoms with Crippen molar-refractivity contribution in [2.24, 2.45) is 22.2 Å². The molecule has 1 unspecified atom stereocenters. The Morgan fingerprint density at radius 1 is 1.30 bits per heavy atom. The first kappa shape index (κ1) is 26.7. The van der Waals surface area contributed by atoms with Crippen molar-refractivity contribution in [2.45, 2.75) is 44.9 Å². The van der Waals surface area contributed by atoms with E-state index >= 15 is 0 Å². The number of hydrogen-bond acceptors (Lipinski definition) is 7. The Hall–Kier alpha value is -3.38. The number of hydrogen-bond donors (Lipinski definition) is 3. The minimum atomic E-state index is -1.39. The average Bonchev–Trinajstić information content (AvgIpc) is 3.81. The Labute approximate surface area is 212 Å². The van der Waals surface area contributed by atoms with Gasteiger partial charge < -0.3 is 14.6 Å². The second kappa shape index (κ2) is 11.8. The standard InChI is InChI=1S/C25H31F2N5O5/c1-2-25(35,18-5-6-20(27)22(10-18)37-12-16-3-4-16)14-28-31-30-21(11-26)19-9-17(19)13-36-15-32-8-7-23(33)29-24(32)34/h5-8,10,16-17,35H,2-4,9,11-15H2,1H3,(H,28,30)(H,29,33,34)/b21-19+/t17?,25-/m1/s1. The van der Waals surface area contributed by atoms with Crippen LogP contribution >= 0.6 is 0 Å². The summed E-state index contributed by atoms with van der Waals surface area (Å²) in [5.74, 6) is 0.0553. The Morgan fingerprint density at radius 3 is 2.81 bits per heavy atom. The number of nitrogens with one attached hydrogen (secondary N) is 2. The van der Waals surface area contributed by atoms with Crippen molar-refractivity contribution in [3.8, 4) is 5.75 Å². The zero-order valence-electron chi connectivity index (χ0n) is 20.6. The maximum atomic E-state index is 14.1. The van der Waals surface area contributed by atoms with Gasteiger partial charge in [-0.25, -0.2) is 13.6 Å². The molecule has 0 spiro atoms. The smallest absolute Gasteiger partial charge is 0.330 e. The van der Waals surface area contributed by atoms with Crippen LogP contribution in [-0.2, 0) is 17.1 Å². The van der Waals surface area contributed by atoms with E-state index in [0.29, 0.717) is 30.9 Å². The second-order valence-corrected chi connectivity index (χ2v) is 9.41. The molecule has 1 heterocycles. The first-order valence-electron chi connectivity index (χ1n) is 12.3. The van der Waals surface area contributed by atoms with Gasteiger partial charge in [-0.05, 0) is 54.9 Å². The molecule has 12 heteroatoms. The van der Waals surface area contributed by atoms with Gasteiger partial charge in [-0.1, -0.05) is 18.2 Å². The lowest BCUT2D eigenvalue weighted by Gasteiger charge is -2.25. The highest BCUT2D eigenvalue weighted by molar-refractivity contribution is 5.34. The van der Waals surface area contributed by atoms with Crippen LogP contribution < -0.4 is 21.4 Å². The summed E-state index contributed by atoms with van der Waals surface area (Å²) in [5.41, 5.74) is 1.70. The van der Waals surface area contributed by atoms with Crippen LogP contribution in [0.1, 0.15) is 38.2 Å². The van der Waals surface area contributed by atoms with Crippen LogP contribution in [0.5, 0.6) is 5.75 Å². The van der Waals surface area contributed by atoms with Crippen molar-refractivity contribution in [1.82, 2.24) is 15.0 Å². The Balaban J connectivity index is 1.29. The number of halogens is 2. The van der Waals surface area contributed by atoms with Crippen molar-refractivity contribution in [3.63, 3.8) is 0 Å². The number of aliphatic hydroxyl groups is 1. The second-order valence-electron chi connectivity index (χ2n) is 9.41. The number of aromatic nitrogens is 2. The maximum absolute atomic E-state index is 14.1. The summed E-state index contributed by atoms with van der Waals surface area (Å²) in [6, 6.07) is 5.48. The molecule has 200 valence electrons. The first-order valence-corrected chi connectivity index (χ1v) is 12.3. The average molecular weight is 520 g/mol. The van der Waals surface area contributed by atoms with Gasteiger partial charge in [-0.15, -0.1) is 0 Å². The highest BCUT2D eigenvalue weighted by Gasteiger charge is 2.33. The van der Waals surface area contributed by atoms with Crippen LogP contribution in [0.25, 0.3) is 0 Å². The third kappa shape index (κ3) is 7.10. The Kier molecular flexibility index (Phi) is 8.49. The van der Waals surface area contributed by atoms with Gasteiger partial charge >= 0.3 is 5.69 Å². The first-order chi connectivity index (χ1) is 17.8. The van der Waals surface area contributed by atoms with Crippen LogP contribution in [0.2, 0.25) is 0 Å². The van der Waals surface area contributed by atoms with Gasteiger partial charge in [0, 0.05) is 18.2 Å². The van der Waals surface area contributed by atoms with Gasteiger partial charge in [0.15, 0.2) is 11.6 Å². The van der Waals surface area contributed by atoms with E-state index in [9.17, 15) is 23.5 Å². The van der Waals surface area contributed by atoms with E-state index in [4.69, 9.17) is 9.47 Å². The molecule has 37 heavy (non-hydrogen) atoms. The summed E-state index contributed by atoms with van der Waals surface area (Å²) in [6.07, 6.45) is 4.41. The van der Waals surface area contributed by atoms with E-state index in [1.165, 1.54) is 35.0 Å². The van der Waals surface area contributed by atoms with Crippen LogP contribution in [0.15, 0.2) is 61.7 Å². The zero-order chi connectivity index (χ0) is 26.4. The summed E-state index contributed by atoms with van der Waals surface area (Å²) in [7, 11) is 0. The van der Waals surface area contributed by atoms with Crippen molar-refractivity contribution in [2.75, 3.05) is 26.4 Å². The van der Waals surface area contributed by atoms with E-state index in [1.54, 1.807) is 6.92 Å². The number of nitrogens with zero attached hydrogens (tertiary/aromatic N) is 3. The molecule has 2 atom stereocenters. The largest absolute Gasteiger partial charge is 0.490 e. The molecule has 0 amide bonds. The summed E-state index contributed by atoms with van der Waals surface area (Å²) < 4.78 is 40.0. The van der Waals surface area contributed by atoms with E-state index in [1.807, 2.05) is 0 Å². The molecule has 2 aliphatic rings. The molecule has 2 aromatic rings. The quantitative estimate of drug-likeness (QED) is 0.260. The molecule has 10 nitrogen and oxygen atoms in total. The number of H-pyrrole nitrogens is 1. The van der Waals surface area contributed by atoms with E-state index < -0.39 is 29.3 Å². The minimum Gasteiger partial charge on any atom is -0.490 e. The topological polar surface area (TPSA) is 130 Å². The monoisotopic (exact) mass is 519 g/mol. The third-order valence-corrected chi connectivity index (χ3v) is 6.58.